The normalized spacial score (nSPS) is 10.6. The molecule has 0 fully saturated rings. The molecule has 19 heavy (non-hydrogen) atoms. The Hall–Kier alpha value is -2.58. The predicted octanol–water partition coefficient (Wildman–Crippen LogP) is 0.00284. The molecule has 1 amide bonds. The van der Waals surface area contributed by atoms with Crippen LogP contribution in [0.5, 0.6) is 0 Å². The molecule has 102 valence electrons. The Morgan fingerprint density at radius 2 is 2.16 bits per heavy atom. The first kappa shape index (κ1) is 12.9. The summed E-state index contributed by atoms with van der Waals surface area (Å²) in [5.41, 5.74) is 9.47. The van der Waals surface area contributed by atoms with E-state index in [0.717, 1.165) is 16.9 Å². The second-order valence-electron chi connectivity index (χ2n) is 4.07. The number of carboxylic acid groups (broad SMARTS) is 1. The van der Waals surface area contributed by atoms with Crippen LogP contribution in [0.4, 0.5) is 16.2 Å². The molecular weight excluding hydrogens is 250 g/mol. The smallest absolute Gasteiger partial charge is 0.404 e. The minimum atomic E-state index is -1.06. The van der Waals surface area contributed by atoms with Crippen molar-refractivity contribution in [2.75, 3.05) is 24.1 Å². The lowest BCUT2D eigenvalue weighted by Crippen LogP contribution is -2.27. The Labute approximate surface area is 108 Å². The number of anilines is 2. The van der Waals surface area contributed by atoms with E-state index in [-0.39, 0.29) is 6.54 Å². The molecule has 0 spiro atoms. The van der Waals surface area contributed by atoms with E-state index in [1.165, 1.54) is 0 Å². The summed E-state index contributed by atoms with van der Waals surface area (Å²) in [6, 6.07) is 0. The van der Waals surface area contributed by atoms with Crippen molar-refractivity contribution in [3.8, 4) is 0 Å². The molecule has 2 aromatic rings. The Morgan fingerprint density at radius 3 is 2.84 bits per heavy atom. The number of hydrogen-bond acceptors (Lipinski definition) is 6. The van der Waals surface area contributed by atoms with E-state index in [4.69, 9.17) is 10.8 Å². The van der Waals surface area contributed by atoms with E-state index in [9.17, 15) is 4.79 Å². The summed E-state index contributed by atoms with van der Waals surface area (Å²) in [5.74, 6) is 0. The fourth-order valence-electron chi connectivity index (χ4n) is 1.82. The number of hydrogen-bond donors (Lipinski definition) is 4. The van der Waals surface area contributed by atoms with E-state index in [1.54, 1.807) is 4.52 Å². The van der Waals surface area contributed by atoms with Gasteiger partial charge in [-0.3, -0.25) is 0 Å². The van der Waals surface area contributed by atoms with Gasteiger partial charge in [0.2, 0.25) is 5.65 Å². The summed E-state index contributed by atoms with van der Waals surface area (Å²) in [5, 5.41) is 25.2. The van der Waals surface area contributed by atoms with Gasteiger partial charge in [0.05, 0.1) is 5.69 Å². The summed E-state index contributed by atoms with van der Waals surface area (Å²) in [7, 11) is 0. The molecule has 5 N–H and O–H groups in total. The highest BCUT2D eigenvalue weighted by Crippen LogP contribution is 2.28. The van der Waals surface area contributed by atoms with Crippen molar-refractivity contribution in [2.24, 2.45) is 0 Å². The van der Waals surface area contributed by atoms with Gasteiger partial charge in [-0.05, 0) is 29.8 Å². The highest BCUT2D eigenvalue weighted by molar-refractivity contribution is 5.82. The van der Waals surface area contributed by atoms with Gasteiger partial charge in [-0.1, -0.05) is 0 Å². The molecule has 0 aliphatic rings. The van der Waals surface area contributed by atoms with Gasteiger partial charge < -0.3 is 21.5 Å². The Morgan fingerprint density at radius 1 is 1.42 bits per heavy atom. The summed E-state index contributed by atoms with van der Waals surface area (Å²) in [6.07, 6.45) is -1.06. The number of fused-ring (bicyclic) bond motifs is 1. The van der Waals surface area contributed by atoms with Crippen molar-refractivity contribution in [1.29, 1.82) is 0 Å². The second-order valence-corrected chi connectivity index (χ2v) is 4.07. The van der Waals surface area contributed by atoms with E-state index >= 15 is 0 Å². The van der Waals surface area contributed by atoms with Crippen LogP contribution in [0.2, 0.25) is 0 Å². The number of aryl methyl sites for hydroxylation is 1. The van der Waals surface area contributed by atoms with Gasteiger partial charge in [0.15, 0.2) is 0 Å². The van der Waals surface area contributed by atoms with Crippen molar-refractivity contribution in [1.82, 2.24) is 25.4 Å². The first-order valence-electron chi connectivity index (χ1n) is 5.69. The second kappa shape index (κ2) is 4.96. The number of rotatable bonds is 4. The SMILES string of the molecule is Cc1c(NCCNC(=O)O)c(N)c2nnnn2c1C. The van der Waals surface area contributed by atoms with Crippen molar-refractivity contribution in [2.45, 2.75) is 13.8 Å². The number of tetrazole rings is 1. The van der Waals surface area contributed by atoms with Crippen molar-refractivity contribution in [3.63, 3.8) is 0 Å². The zero-order chi connectivity index (χ0) is 14.0. The number of nitrogens with two attached hydrogens (primary N) is 1. The van der Waals surface area contributed by atoms with Gasteiger partial charge in [0, 0.05) is 18.8 Å². The lowest BCUT2D eigenvalue weighted by atomic mass is 10.1. The number of nitrogens with zero attached hydrogens (tertiary/aromatic N) is 4. The van der Waals surface area contributed by atoms with E-state index in [1.807, 2.05) is 13.8 Å². The molecule has 0 unspecified atom stereocenters. The minimum Gasteiger partial charge on any atom is -0.465 e. The quantitative estimate of drug-likeness (QED) is 0.572. The maximum absolute atomic E-state index is 10.3. The lowest BCUT2D eigenvalue weighted by Gasteiger charge is -2.15. The van der Waals surface area contributed by atoms with Crippen LogP contribution in [0.15, 0.2) is 0 Å². The van der Waals surface area contributed by atoms with Crippen molar-refractivity contribution >= 4 is 23.1 Å². The largest absolute Gasteiger partial charge is 0.465 e. The third-order valence-electron chi connectivity index (χ3n) is 2.92. The van der Waals surface area contributed by atoms with Gasteiger partial charge >= 0.3 is 6.09 Å². The molecule has 2 rings (SSSR count). The van der Waals surface area contributed by atoms with Crippen molar-refractivity contribution in [3.05, 3.63) is 11.3 Å². The molecule has 0 aliphatic carbocycles. The van der Waals surface area contributed by atoms with E-state index < -0.39 is 6.09 Å². The lowest BCUT2D eigenvalue weighted by molar-refractivity contribution is 0.195. The van der Waals surface area contributed by atoms with Gasteiger partial charge in [-0.15, -0.1) is 5.10 Å². The monoisotopic (exact) mass is 265 g/mol. The fraction of sp³-hybridized carbons (Fsp3) is 0.400. The zero-order valence-corrected chi connectivity index (χ0v) is 10.6. The Bertz CT molecular complexity index is 622. The molecule has 0 aliphatic heterocycles. The van der Waals surface area contributed by atoms with Crippen LogP contribution in [-0.2, 0) is 0 Å². The summed E-state index contributed by atoms with van der Waals surface area (Å²) >= 11 is 0. The zero-order valence-electron chi connectivity index (χ0n) is 10.6. The Kier molecular flexibility index (Phi) is 3.36. The maximum atomic E-state index is 10.3. The molecule has 9 heteroatoms. The Balaban J connectivity index is 2.24. The molecule has 9 nitrogen and oxygen atoms in total. The average molecular weight is 265 g/mol. The van der Waals surface area contributed by atoms with Gasteiger partial charge in [-0.2, -0.15) is 4.52 Å². The number of nitrogen functional groups attached to an aromatic ring is 1. The highest BCUT2D eigenvalue weighted by Gasteiger charge is 2.14. The summed E-state index contributed by atoms with van der Waals surface area (Å²) in [6.45, 7) is 4.50. The van der Waals surface area contributed by atoms with Gasteiger partial charge in [-0.25, -0.2) is 4.79 Å². The van der Waals surface area contributed by atoms with Crippen LogP contribution < -0.4 is 16.4 Å². The summed E-state index contributed by atoms with van der Waals surface area (Å²) in [4.78, 5) is 10.3. The molecule has 2 aromatic heterocycles. The van der Waals surface area contributed by atoms with Gasteiger partial charge in [0.25, 0.3) is 0 Å². The number of nitrogens with one attached hydrogen (secondary N) is 2. The van der Waals surface area contributed by atoms with Crippen LogP contribution in [0.25, 0.3) is 5.65 Å². The van der Waals surface area contributed by atoms with E-state index in [0.29, 0.717) is 17.9 Å². The average Bonchev–Trinajstić information content (AvgIpc) is 2.84. The first-order chi connectivity index (χ1) is 9.02. The predicted molar refractivity (Wildman–Crippen MR) is 69.2 cm³/mol. The number of pyridine rings is 1. The summed E-state index contributed by atoms with van der Waals surface area (Å²) < 4.78 is 1.57. The van der Waals surface area contributed by atoms with Crippen LogP contribution in [0, 0.1) is 13.8 Å². The standard InChI is InChI=1S/C10H15N7O2/c1-5-6(2)17-9(14-15-16-17)7(11)8(5)12-3-4-13-10(18)19/h12-13H,3-4,11H2,1-2H3,(H,18,19). The van der Waals surface area contributed by atoms with Crippen molar-refractivity contribution < 1.29 is 9.90 Å². The van der Waals surface area contributed by atoms with Gasteiger partial charge in [0.1, 0.15) is 5.69 Å². The number of aromatic nitrogens is 4. The molecule has 0 aromatic carbocycles. The third kappa shape index (κ3) is 2.34. The van der Waals surface area contributed by atoms with Crippen LogP contribution >= 0.6 is 0 Å². The number of carbonyl (C=O) groups is 1. The van der Waals surface area contributed by atoms with E-state index in [2.05, 4.69) is 26.2 Å². The molecule has 0 bridgehead atoms. The highest BCUT2D eigenvalue weighted by atomic mass is 16.4. The molecule has 0 radical (unpaired) electrons. The maximum Gasteiger partial charge on any atom is 0.404 e. The number of amides is 1. The van der Waals surface area contributed by atoms with Crippen LogP contribution in [0.1, 0.15) is 11.3 Å². The van der Waals surface area contributed by atoms with Crippen LogP contribution in [-0.4, -0.2) is 44.3 Å². The molecule has 2 heterocycles. The minimum absolute atomic E-state index is 0.281. The fourth-order valence-corrected chi connectivity index (χ4v) is 1.82. The third-order valence-corrected chi connectivity index (χ3v) is 2.92. The first-order valence-corrected chi connectivity index (χ1v) is 5.69. The topological polar surface area (TPSA) is 130 Å². The van der Waals surface area contributed by atoms with Crippen LogP contribution in [0.3, 0.4) is 0 Å². The molecule has 0 atom stereocenters. The molecular formula is C10H15N7O2. The molecule has 0 saturated heterocycles. The molecule has 0 saturated carbocycles.